The van der Waals surface area contributed by atoms with Crippen molar-refractivity contribution < 1.29 is 9.59 Å². The Balaban J connectivity index is 1.77. The van der Waals surface area contributed by atoms with Gasteiger partial charge in [-0.1, -0.05) is 25.7 Å². The van der Waals surface area contributed by atoms with Gasteiger partial charge in [-0.2, -0.15) is 5.10 Å². The maximum Gasteiger partial charge on any atom is 0.272 e. The lowest BCUT2D eigenvalue weighted by Gasteiger charge is -2.16. The molecule has 124 valence electrons. The number of aromatic nitrogens is 1. The molecule has 1 aromatic heterocycles. The lowest BCUT2D eigenvalue weighted by atomic mass is 10.1. The normalized spacial score (nSPS) is 16.5. The molecule has 0 aromatic carbocycles. The van der Waals surface area contributed by atoms with Crippen molar-refractivity contribution in [2.75, 3.05) is 0 Å². The third-order valence-corrected chi connectivity index (χ3v) is 3.91. The van der Waals surface area contributed by atoms with Crippen LogP contribution in [0, 0.1) is 0 Å². The van der Waals surface area contributed by atoms with E-state index in [1.165, 1.54) is 31.9 Å². The Bertz CT molecular complexity index is 549. The highest BCUT2D eigenvalue weighted by atomic mass is 16.2. The van der Waals surface area contributed by atoms with Gasteiger partial charge in [0.05, 0.1) is 12.0 Å². The molecule has 1 aliphatic carbocycles. The molecular weight excluding hydrogens is 292 g/mol. The molecule has 1 fully saturated rings. The number of rotatable bonds is 5. The van der Waals surface area contributed by atoms with Crippen LogP contribution in [-0.2, 0) is 4.79 Å². The molecule has 6 heteroatoms. The standard InChI is InChI=1S/C17H24N4O2/c1-13(20-21-17(23)14-7-6-10-18-12-14)11-16(22)19-15-8-4-2-3-5-9-15/h6-7,10,12,15H,2-5,8-9,11H2,1H3,(H,19,22)(H,21,23)/b20-13-. The minimum absolute atomic E-state index is 0.0335. The summed E-state index contributed by atoms with van der Waals surface area (Å²) in [6, 6.07) is 3.63. The fourth-order valence-electron chi connectivity index (χ4n) is 2.68. The molecule has 0 aliphatic heterocycles. The smallest absolute Gasteiger partial charge is 0.272 e. The topological polar surface area (TPSA) is 83.5 Å². The zero-order valence-electron chi connectivity index (χ0n) is 13.5. The molecule has 23 heavy (non-hydrogen) atoms. The number of hydrogen-bond acceptors (Lipinski definition) is 4. The second kappa shape index (κ2) is 9.02. The number of hydrogen-bond donors (Lipinski definition) is 2. The van der Waals surface area contributed by atoms with Crippen molar-refractivity contribution in [2.24, 2.45) is 5.10 Å². The third-order valence-electron chi connectivity index (χ3n) is 3.91. The summed E-state index contributed by atoms with van der Waals surface area (Å²) in [6.45, 7) is 1.73. The molecular formula is C17H24N4O2. The average molecular weight is 316 g/mol. The molecule has 1 saturated carbocycles. The minimum atomic E-state index is -0.332. The lowest BCUT2D eigenvalue weighted by molar-refractivity contribution is -0.120. The summed E-state index contributed by atoms with van der Waals surface area (Å²) < 4.78 is 0. The first kappa shape index (κ1) is 17.1. The Morgan fingerprint density at radius 3 is 2.65 bits per heavy atom. The molecule has 1 aliphatic rings. The molecule has 2 amide bonds. The summed E-state index contributed by atoms with van der Waals surface area (Å²) in [5, 5.41) is 7.05. The summed E-state index contributed by atoms with van der Waals surface area (Å²) in [5.74, 6) is -0.365. The van der Waals surface area contributed by atoms with E-state index < -0.39 is 0 Å². The second-order valence-electron chi connectivity index (χ2n) is 5.96. The molecule has 1 aromatic rings. The molecule has 0 radical (unpaired) electrons. The maximum absolute atomic E-state index is 12.0. The average Bonchev–Trinajstić information content (AvgIpc) is 2.82. The van der Waals surface area contributed by atoms with Gasteiger partial charge < -0.3 is 5.32 Å². The van der Waals surface area contributed by atoms with Crippen molar-refractivity contribution in [3.8, 4) is 0 Å². The number of carbonyl (C=O) groups is 2. The Kier molecular flexibility index (Phi) is 6.72. The van der Waals surface area contributed by atoms with Gasteiger partial charge in [0.25, 0.3) is 5.91 Å². The first-order valence-electron chi connectivity index (χ1n) is 8.18. The van der Waals surface area contributed by atoms with Crippen LogP contribution in [-0.4, -0.2) is 28.6 Å². The van der Waals surface area contributed by atoms with Gasteiger partial charge in [0, 0.05) is 24.1 Å². The molecule has 1 heterocycles. The maximum atomic E-state index is 12.0. The van der Waals surface area contributed by atoms with Crippen molar-refractivity contribution >= 4 is 17.5 Å². The van der Waals surface area contributed by atoms with Gasteiger partial charge in [-0.3, -0.25) is 14.6 Å². The summed E-state index contributed by atoms with van der Waals surface area (Å²) in [7, 11) is 0. The molecule has 2 N–H and O–H groups in total. The third kappa shape index (κ3) is 6.18. The Morgan fingerprint density at radius 1 is 1.26 bits per heavy atom. The Morgan fingerprint density at radius 2 is 2.00 bits per heavy atom. The van der Waals surface area contributed by atoms with E-state index in [0.29, 0.717) is 11.3 Å². The van der Waals surface area contributed by atoms with E-state index in [9.17, 15) is 9.59 Å². The van der Waals surface area contributed by atoms with E-state index in [-0.39, 0.29) is 24.3 Å². The molecule has 0 bridgehead atoms. The van der Waals surface area contributed by atoms with Gasteiger partial charge in [0.15, 0.2) is 0 Å². The summed E-state index contributed by atoms with van der Waals surface area (Å²) in [4.78, 5) is 27.7. The van der Waals surface area contributed by atoms with E-state index in [1.54, 1.807) is 25.3 Å². The molecule has 0 atom stereocenters. The molecule has 0 spiro atoms. The van der Waals surface area contributed by atoms with Gasteiger partial charge in [0.2, 0.25) is 5.91 Å². The number of nitrogens with zero attached hydrogens (tertiary/aromatic N) is 2. The van der Waals surface area contributed by atoms with Crippen LogP contribution >= 0.6 is 0 Å². The highest BCUT2D eigenvalue weighted by molar-refractivity contribution is 6.01. The predicted octanol–water partition coefficient (Wildman–Crippen LogP) is 2.42. The van der Waals surface area contributed by atoms with Crippen molar-refractivity contribution in [3.63, 3.8) is 0 Å². The Hall–Kier alpha value is -2.24. The fraction of sp³-hybridized carbons (Fsp3) is 0.529. The first-order valence-corrected chi connectivity index (χ1v) is 8.18. The van der Waals surface area contributed by atoms with E-state index in [4.69, 9.17) is 0 Å². The van der Waals surface area contributed by atoms with Gasteiger partial charge in [-0.25, -0.2) is 5.43 Å². The zero-order chi connectivity index (χ0) is 16.5. The second-order valence-corrected chi connectivity index (χ2v) is 5.96. The summed E-state index contributed by atoms with van der Waals surface area (Å²) >= 11 is 0. The van der Waals surface area contributed by atoms with E-state index in [0.717, 1.165) is 12.8 Å². The Labute approximate surface area is 136 Å². The van der Waals surface area contributed by atoms with Gasteiger partial charge in [-0.15, -0.1) is 0 Å². The number of pyridine rings is 1. The fourth-order valence-corrected chi connectivity index (χ4v) is 2.68. The lowest BCUT2D eigenvalue weighted by Crippen LogP contribution is -2.35. The SMILES string of the molecule is C/C(CC(=O)NC1CCCCCC1)=N/NC(=O)c1cccnc1. The van der Waals surface area contributed by atoms with Gasteiger partial charge >= 0.3 is 0 Å². The van der Waals surface area contributed by atoms with E-state index >= 15 is 0 Å². The van der Waals surface area contributed by atoms with Gasteiger partial charge in [-0.05, 0) is 31.9 Å². The minimum Gasteiger partial charge on any atom is -0.353 e. The van der Waals surface area contributed by atoms with Crippen LogP contribution in [0.15, 0.2) is 29.6 Å². The summed E-state index contributed by atoms with van der Waals surface area (Å²) in [6.07, 6.45) is 10.3. The van der Waals surface area contributed by atoms with E-state index in [1.807, 2.05) is 0 Å². The van der Waals surface area contributed by atoms with Crippen LogP contribution in [0.4, 0.5) is 0 Å². The van der Waals surface area contributed by atoms with Crippen molar-refractivity contribution in [1.29, 1.82) is 0 Å². The van der Waals surface area contributed by atoms with Crippen LogP contribution < -0.4 is 10.7 Å². The molecule has 2 rings (SSSR count). The van der Waals surface area contributed by atoms with Crippen molar-refractivity contribution in [3.05, 3.63) is 30.1 Å². The number of hydrazone groups is 1. The van der Waals surface area contributed by atoms with E-state index in [2.05, 4.69) is 20.8 Å². The largest absolute Gasteiger partial charge is 0.353 e. The molecule has 0 unspecified atom stereocenters. The number of amides is 2. The predicted molar refractivity (Wildman–Crippen MR) is 89.1 cm³/mol. The zero-order valence-corrected chi connectivity index (χ0v) is 13.5. The van der Waals surface area contributed by atoms with Gasteiger partial charge in [0.1, 0.15) is 0 Å². The number of carbonyl (C=O) groups excluding carboxylic acids is 2. The van der Waals surface area contributed by atoms with Crippen LogP contribution in [0.25, 0.3) is 0 Å². The number of nitrogens with one attached hydrogen (secondary N) is 2. The quantitative estimate of drug-likeness (QED) is 0.497. The highest BCUT2D eigenvalue weighted by Gasteiger charge is 2.15. The van der Waals surface area contributed by atoms with Crippen LogP contribution in [0.1, 0.15) is 62.2 Å². The first-order chi connectivity index (χ1) is 11.1. The van der Waals surface area contributed by atoms with Crippen LogP contribution in [0.5, 0.6) is 0 Å². The van der Waals surface area contributed by atoms with Crippen LogP contribution in [0.3, 0.4) is 0 Å². The molecule has 0 saturated heterocycles. The summed E-state index contributed by atoms with van der Waals surface area (Å²) in [5.41, 5.74) is 3.46. The van der Waals surface area contributed by atoms with Crippen molar-refractivity contribution in [1.82, 2.24) is 15.7 Å². The molecule has 6 nitrogen and oxygen atoms in total. The highest BCUT2D eigenvalue weighted by Crippen LogP contribution is 2.17. The van der Waals surface area contributed by atoms with Crippen LogP contribution in [0.2, 0.25) is 0 Å². The monoisotopic (exact) mass is 316 g/mol. The van der Waals surface area contributed by atoms with Crippen molar-refractivity contribution in [2.45, 2.75) is 57.9 Å².